The molecular weight excluding hydrogens is 456 g/mol. The Morgan fingerprint density at radius 1 is 1.14 bits per heavy atom. The van der Waals surface area contributed by atoms with E-state index in [9.17, 15) is 9.59 Å². The quantitative estimate of drug-likeness (QED) is 0.406. The minimum Gasteiger partial charge on any atom is -0.399 e. The van der Waals surface area contributed by atoms with Crippen LogP contribution in [0, 0.1) is 0 Å². The number of carbonyl (C=O) groups excluding carboxylic acids is 2. The van der Waals surface area contributed by atoms with E-state index in [0.29, 0.717) is 47.0 Å². The number of hydrogen-bond donors (Lipinski definition) is 3. The van der Waals surface area contributed by atoms with Crippen LogP contribution in [-0.2, 0) is 16.2 Å². The van der Waals surface area contributed by atoms with Crippen LogP contribution < -0.4 is 16.8 Å². The lowest BCUT2D eigenvalue weighted by molar-refractivity contribution is -0.187. The maximum Gasteiger partial charge on any atom is 0.273 e. The molecule has 4 aliphatic heterocycles. The number of nitrogens with two attached hydrogens (primary N) is 2. The largest absolute Gasteiger partial charge is 0.399 e. The monoisotopic (exact) mass is 488 g/mol. The number of nitrogen functional groups attached to an aromatic ring is 1. The van der Waals surface area contributed by atoms with Gasteiger partial charge in [0.05, 0.1) is 5.69 Å². The number of benzene rings is 2. The summed E-state index contributed by atoms with van der Waals surface area (Å²) in [5.41, 5.74) is 15.9. The molecule has 2 bridgehead atoms. The van der Waals surface area contributed by atoms with E-state index in [1.165, 1.54) is 5.06 Å². The fourth-order valence-corrected chi connectivity index (χ4v) is 4.88. The van der Waals surface area contributed by atoms with Gasteiger partial charge in [0.15, 0.2) is 0 Å². The van der Waals surface area contributed by atoms with Crippen molar-refractivity contribution in [3.63, 3.8) is 0 Å². The summed E-state index contributed by atoms with van der Waals surface area (Å²) in [5.74, 6) is 0.0623. The molecule has 2 aromatic carbocycles. The van der Waals surface area contributed by atoms with Crippen LogP contribution in [0.2, 0.25) is 0 Å². The van der Waals surface area contributed by atoms with Crippen molar-refractivity contribution in [3.8, 4) is 0 Å². The van der Waals surface area contributed by atoms with Gasteiger partial charge in [0.1, 0.15) is 12.4 Å². The average molecular weight is 489 g/mol. The SMILES string of the molecule is CCCN(OCc1ccc(N)cc1)C(=O)C1=Cc2ccc(C(=O)N3CC4CC(C3)N4)cc2N=C(N)C1. The molecule has 0 aromatic heterocycles. The van der Waals surface area contributed by atoms with Gasteiger partial charge >= 0.3 is 0 Å². The van der Waals surface area contributed by atoms with Crippen LogP contribution in [0.3, 0.4) is 0 Å². The minimum absolute atomic E-state index is 0.00233. The van der Waals surface area contributed by atoms with Crippen molar-refractivity contribution in [3.05, 3.63) is 64.7 Å². The molecule has 5 N–H and O–H groups in total. The predicted molar refractivity (Wildman–Crippen MR) is 139 cm³/mol. The highest BCUT2D eigenvalue weighted by Gasteiger charge is 2.38. The number of aliphatic imine (C=N–C) groups is 1. The van der Waals surface area contributed by atoms with E-state index in [1.807, 2.05) is 30.0 Å². The molecule has 2 unspecified atom stereocenters. The summed E-state index contributed by atoms with van der Waals surface area (Å²) in [7, 11) is 0. The molecule has 3 saturated heterocycles. The molecule has 2 atom stereocenters. The highest BCUT2D eigenvalue weighted by atomic mass is 16.7. The van der Waals surface area contributed by atoms with Gasteiger partial charge in [-0.1, -0.05) is 25.1 Å². The Kier molecular flexibility index (Phi) is 6.75. The summed E-state index contributed by atoms with van der Waals surface area (Å²) in [6, 6.07) is 13.5. The van der Waals surface area contributed by atoms with Gasteiger partial charge < -0.3 is 21.7 Å². The topological polar surface area (TPSA) is 126 Å². The molecule has 0 aliphatic carbocycles. The Labute approximate surface area is 210 Å². The van der Waals surface area contributed by atoms with Crippen molar-refractivity contribution in [2.45, 2.75) is 44.9 Å². The summed E-state index contributed by atoms with van der Waals surface area (Å²) in [6.07, 6.45) is 3.86. The zero-order valence-electron chi connectivity index (χ0n) is 20.4. The zero-order chi connectivity index (χ0) is 25.2. The number of hydroxylamine groups is 2. The van der Waals surface area contributed by atoms with Crippen LogP contribution >= 0.6 is 0 Å². The first-order valence-electron chi connectivity index (χ1n) is 12.4. The Morgan fingerprint density at radius 3 is 2.56 bits per heavy atom. The third-order valence-electron chi connectivity index (χ3n) is 6.75. The number of anilines is 1. The molecule has 6 rings (SSSR count). The Morgan fingerprint density at radius 2 is 1.86 bits per heavy atom. The Hall–Kier alpha value is -3.69. The van der Waals surface area contributed by atoms with E-state index < -0.39 is 0 Å². The van der Waals surface area contributed by atoms with Crippen molar-refractivity contribution < 1.29 is 14.4 Å². The van der Waals surface area contributed by atoms with Crippen LogP contribution in [0.1, 0.15) is 47.7 Å². The summed E-state index contributed by atoms with van der Waals surface area (Å²) in [5, 5.41) is 4.83. The summed E-state index contributed by atoms with van der Waals surface area (Å²) < 4.78 is 0. The van der Waals surface area contributed by atoms with Crippen LogP contribution in [0.5, 0.6) is 0 Å². The lowest BCUT2D eigenvalue weighted by Crippen LogP contribution is -2.67. The van der Waals surface area contributed by atoms with E-state index >= 15 is 0 Å². The molecule has 36 heavy (non-hydrogen) atoms. The molecule has 188 valence electrons. The molecule has 0 radical (unpaired) electrons. The minimum atomic E-state index is -0.251. The molecule has 2 amide bonds. The Bertz CT molecular complexity index is 1210. The number of hydrogen-bond acceptors (Lipinski definition) is 7. The number of piperidine rings is 1. The summed E-state index contributed by atoms with van der Waals surface area (Å²) in [4.78, 5) is 38.8. The number of rotatable bonds is 7. The number of piperazine rings is 1. The summed E-state index contributed by atoms with van der Waals surface area (Å²) in [6.45, 7) is 4.12. The molecular formula is C27H32N6O3. The van der Waals surface area contributed by atoms with E-state index in [-0.39, 0.29) is 24.8 Å². The molecule has 0 spiro atoms. The van der Waals surface area contributed by atoms with Gasteiger partial charge in [-0.25, -0.2) is 10.1 Å². The number of nitrogens with one attached hydrogen (secondary N) is 1. The van der Waals surface area contributed by atoms with Crippen molar-refractivity contribution in [2.75, 3.05) is 25.4 Å². The van der Waals surface area contributed by atoms with Crippen molar-refractivity contribution in [1.82, 2.24) is 15.3 Å². The maximum atomic E-state index is 13.4. The van der Waals surface area contributed by atoms with E-state index in [2.05, 4.69) is 10.3 Å². The van der Waals surface area contributed by atoms with Gasteiger partial charge in [-0.2, -0.15) is 0 Å². The number of amides is 2. The van der Waals surface area contributed by atoms with Crippen molar-refractivity contribution >= 4 is 35.1 Å². The average Bonchev–Trinajstić information content (AvgIpc) is 3.03. The highest BCUT2D eigenvalue weighted by molar-refractivity contribution is 6.05. The molecule has 2 aromatic rings. The lowest BCUT2D eigenvalue weighted by atomic mass is 9.91. The highest BCUT2D eigenvalue weighted by Crippen LogP contribution is 2.30. The van der Waals surface area contributed by atoms with Gasteiger partial charge in [0.25, 0.3) is 11.8 Å². The number of nitrogens with zero attached hydrogens (tertiary/aromatic N) is 3. The number of carbonyl (C=O) groups is 2. The molecule has 4 heterocycles. The van der Waals surface area contributed by atoms with Crippen molar-refractivity contribution in [2.24, 2.45) is 10.7 Å². The standard InChI is InChI=1S/C27H32N6O3/c1-2-9-33(36-16-17-3-7-21(28)8-4-17)27(35)20-10-18-5-6-19(11-24(18)31-25(29)12-20)26(34)32-14-22-13-23(15-32)30-22/h3-8,10-11,22-23,30H,2,9,12-16,28H2,1H3,(H2,29,31). The second-order valence-electron chi connectivity index (χ2n) is 9.65. The second-order valence-corrected chi connectivity index (χ2v) is 9.65. The number of amidine groups is 1. The van der Waals surface area contributed by atoms with E-state index in [0.717, 1.165) is 37.1 Å². The van der Waals surface area contributed by atoms with Crippen LogP contribution in [0.25, 0.3) is 6.08 Å². The normalized spacial score (nSPS) is 20.4. The molecule has 9 heteroatoms. The van der Waals surface area contributed by atoms with Crippen LogP contribution in [-0.4, -0.2) is 59.3 Å². The van der Waals surface area contributed by atoms with Gasteiger partial charge in [-0.15, -0.1) is 0 Å². The lowest BCUT2D eigenvalue weighted by Gasteiger charge is -2.48. The van der Waals surface area contributed by atoms with Crippen LogP contribution in [0.4, 0.5) is 11.4 Å². The van der Waals surface area contributed by atoms with Gasteiger partial charge in [-0.05, 0) is 48.7 Å². The first-order valence-corrected chi connectivity index (χ1v) is 12.4. The number of fused-ring (bicyclic) bond motifs is 3. The summed E-state index contributed by atoms with van der Waals surface area (Å²) >= 11 is 0. The second kappa shape index (κ2) is 10.1. The Balaban J connectivity index is 1.33. The van der Waals surface area contributed by atoms with E-state index in [4.69, 9.17) is 16.3 Å². The third kappa shape index (κ3) is 5.12. The molecule has 9 nitrogen and oxygen atoms in total. The van der Waals surface area contributed by atoms with Gasteiger partial charge in [0, 0.05) is 60.5 Å². The smallest absolute Gasteiger partial charge is 0.273 e. The molecule has 0 saturated carbocycles. The van der Waals surface area contributed by atoms with Crippen LogP contribution in [0.15, 0.2) is 53.0 Å². The fourth-order valence-electron chi connectivity index (χ4n) is 4.88. The first-order chi connectivity index (χ1) is 17.4. The fraction of sp³-hybridized carbons (Fsp3) is 0.370. The first kappa shape index (κ1) is 24.0. The van der Waals surface area contributed by atoms with E-state index in [1.54, 1.807) is 30.3 Å². The molecule has 4 aliphatic rings. The van der Waals surface area contributed by atoms with Crippen molar-refractivity contribution in [1.29, 1.82) is 0 Å². The van der Waals surface area contributed by atoms with Gasteiger partial charge in [-0.3, -0.25) is 14.4 Å². The predicted octanol–water partition coefficient (Wildman–Crippen LogP) is 2.60. The van der Waals surface area contributed by atoms with Gasteiger partial charge in [0.2, 0.25) is 0 Å². The molecule has 3 fully saturated rings. The zero-order valence-corrected chi connectivity index (χ0v) is 20.4. The maximum absolute atomic E-state index is 13.4. The third-order valence-corrected chi connectivity index (χ3v) is 6.75.